The van der Waals surface area contributed by atoms with Crippen LogP contribution in [0.2, 0.25) is 0 Å². The van der Waals surface area contributed by atoms with Gasteiger partial charge in [-0.2, -0.15) is 0 Å². The van der Waals surface area contributed by atoms with Crippen molar-refractivity contribution in [1.29, 1.82) is 0 Å². The van der Waals surface area contributed by atoms with Crippen LogP contribution < -0.4 is 4.74 Å². The number of likely N-dealkylation sites (N-methyl/N-ethyl adjacent to an activating group) is 1. The predicted molar refractivity (Wildman–Crippen MR) is 79.6 cm³/mol. The summed E-state index contributed by atoms with van der Waals surface area (Å²) >= 11 is 0. The molecule has 0 N–H and O–H groups in total. The molecular weight excluding hydrogens is 250 g/mol. The highest BCUT2D eigenvalue weighted by Crippen LogP contribution is 2.11. The van der Waals surface area contributed by atoms with E-state index in [0.29, 0.717) is 6.54 Å². The van der Waals surface area contributed by atoms with Crippen LogP contribution in [0.25, 0.3) is 0 Å². The lowest BCUT2D eigenvalue weighted by molar-refractivity contribution is -0.132. The molecule has 20 heavy (non-hydrogen) atoms. The molecule has 2 aromatic carbocycles. The molecule has 0 spiro atoms. The Bertz CT molecular complexity index is 549. The zero-order chi connectivity index (χ0) is 14.4. The number of nitrogens with zero attached hydrogens (tertiary/aromatic N) is 1. The van der Waals surface area contributed by atoms with E-state index in [2.05, 4.69) is 0 Å². The molecule has 1 amide bonds. The fourth-order valence-electron chi connectivity index (χ4n) is 1.84. The molecule has 3 heteroatoms. The van der Waals surface area contributed by atoms with E-state index in [-0.39, 0.29) is 12.5 Å². The third-order valence-electron chi connectivity index (χ3n) is 3.07. The highest BCUT2D eigenvalue weighted by molar-refractivity contribution is 5.77. The highest BCUT2D eigenvalue weighted by atomic mass is 16.5. The Morgan fingerprint density at radius 1 is 1.05 bits per heavy atom. The molecular formula is C17H19NO2. The first kappa shape index (κ1) is 14.1. The Labute approximate surface area is 119 Å². The summed E-state index contributed by atoms with van der Waals surface area (Å²) in [5.74, 6) is 0.687. The Balaban J connectivity index is 1.83. The van der Waals surface area contributed by atoms with Crippen molar-refractivity contribution in [1.82, 2.24) is 4.90 Å². The third-order valence-corrected chi connectivity index (χ3v) is 3.07. The van der Waals surface area contributed by atoms with Gasteiger partial charge in [0.25, 0.3) is 5.91 Å². The van der Waals surface area contributed by atoms with Crippen LogP contribution in [0.4, 0.5) is 0 Å². The second-order valence-corrected chi connectivity index (χ2v) is 4.84. The summed E-state index contributed by atoms with van der Waals surface area (Å²) in [6.45, 7) is 2.67. The van der Waals surface area contributed by atoms with Gasteiger partial charge in [0.15, 0.2) is 6.61 Å². The van der Waals surface area contributed by atoms with Gasteiger partial charge in [-0.05, 0) is 24.6 Å². The van der Waals surface area contributed by atoms with E-state index in [9.17, 15) is 4.79 Å². The number of carbonyl (C=O) groups excluding carboxylic acids is 1. The highest BCUT2D eigenvalue weighted by Gasteiger charge is 2.09. The number of hydrogen-bond donors (Lipinski definition) is 0. The van der Waals surface area contributed by atoms with Crippen LogP contribution in [0.3, 0.4) is 0 Å². The van der Waals surface area contributed by atoms with E-state index >= 15 is 0 Å². The molecule has 0 fully saturated rings. The molecule has 0 aliphatic carbocycles. The van der Waals surface area contributed by atoms with E-state index in [1.165, 1.54) is 5.56 Å². The van der Waals surface area contributed by atoms with E-state index in [1.54, 1.807) is 11.9 Å². The van der Waals surface area contributed by atoms with E-state index < -0.39 is 0 Å². The van der Waals surface area contributed by atoms with E-state index in [1.807, 2.05) is 61.5 Å². The molecule has 2 aromatic rings. The van der Waals surface area contributed by atoms with Crippen LogP contribution >= 0.6 is 0 Å². The molecule has 104 valence electrons. The lowest BCUT2D eigenvalue weighted by Crippen LogP contribution is -2.30. The number of ether oxygens (including phenoxy) is 1. The second-order valence-electron chi connectivity index (χ2n) is 4.84. The summed E-state index contributed by atoms with van der Waals surface area (Å²) < 4.78 is 5.49. The Hall–Kier alpha value is -2.29. The maximum absolute atomic E-state index is 12.0. The van der Waals surface area contributed by atoms with Crippen LogP contribution in [-0.2, 0) is 11.3 Å². The Morgan fingerprint density at radius 3 is 2.35 bits per heavy atom. The van der Waals surface area contributed by atoms with Crippen molar-refractivity contribution >= 4 is 5.91 Å². The first-order valence-corrected chi connectivity index (χ1v) is 6.62. The van der Waals surface area contributed by atoms with Gasteiger partial charge in [-0.1, -0.05) is 48.0 Å². The average Bonchev–Trinajstić information content (AvgIpc) is 2.47. The largest absolute Gasteiger partial charge is 0.484 e. The van der Waals surface area contributed by atoms with Gasteiger partial charge in [-0.3, -0.25) is 4.79 Å². The van der Waals surface area contributed by atoms with Crippen molar-refractivity contribution in [2.45, 2.75) is 13.5 Å². The van der Waals surface area contributed by atoms with Gasteiger partial charge >= 0.3 is 0 Å². The second kappa shape index (κ2) is 6.75. The maximum atomic E-state index is 12.0. The molecule has 0 aliphatic heterocycles. The fourth-order valence-corrected chi connectivity index (χ4v) is 1.84. The van der Waals surface area contributed by atoms with E-state index in [4.69, 9.17) is 4.74 Å². The third kappa shape index (κ3) is 4.12. The number of amides is 1. The lowest BCUT2D eigenvalue weighted by atomic mass is 10.2. The van der Waals surface area contributed by atoms with Gasteiger partial charge in [-0.25, -0.2) is 0 Å². The molecule has 0 radical (unpaired) electrons. The molecule has 3 nitrogen and oxygen atoms in total. The Morgan fingerprint density at radius 2 is 1.70 bits per heavy atom. The van der Waals surface area contributed by atoms with Crippen LogP contribution in [0.1, 0.15) is 11.1 Å². The van der Waals surface area contributed by atoms with Gasteiger partial charge in [0.2, 0.25) is 0 Å². The molecule has 0 atom stereocenters. The summed E-state index contributed by atoms with van der Waals surface area (Å²) in [7, 11) is 1.79. The summed E-state index contributed by atoms with van der Waals surface area (Å²) in [5, 5.41) is 0. The first-order chi connectivity index (χ1) is 9.65. The molecule has 0 saturated heterocycles. The SMILES string of the molecule is Cc1ccc(OCC(=O)N(C)Cc2ccccc2)cc1. The lowest BCUT2D eigenvalue weighted by Gasteiger charge is -2.17. The zero-order valence-corrected chi connectivity index (χ0v) is 11.9. The normalized spacial score (nSPS) is 10.1. The maximum Gasteiger partial charge on any atom is 0.260 e. The van der Waals surface area contributed by atoms with Crippen molar-refractivity contribution in [2.24, 2.45) is 0 Å². The monoisotopic (exact) mass is 269 g/mol. The Kier molecular flexibility index (Phi) is 4.77. The number of carbonyl (C=O) groups is 1. The smallest absolute Gasteiger partial charge is 0.260 e. The summed E-state index contributed by atoms with van der Waals surface area (Å²) in [4.78, 5) is 13.7. The van der Waals surface area contributed by atoms with Crippen LogP contribution in [0, 0.1) is 6.92 Å². The molecule has 0 unspecified atom stereocenters. The predicted octanol–water partition coefficient (Wildman–Crippen LogP) is 3.03. The van der Waals surface area contributed by atoms with Crippen LogP contribution in [-0.4, -0.2) is 24.5 Å². The quantitative estimate of drug-likeness (QED) is 0.835. The van der Waals surface area contributed by atoms with Crippen molar-refractivity contribution in [2.75, 3.05) is 13.7 Å². The molecule has 0 aromatic heterocycles. The van der Waals surface area contributed by atoms with Crippen molar-refractivity contribution in [3.8, 4) is 5.75 Å². The summed E-state index contributed by atoms with van der Waals surface area (Å²) in [6, 6.07) is 17.6. The molecule has 0 heterocycles. The minimum Gasteiger partial charge on any atom is -0.484 e. The standard InChI is InChI=1S/C17H19NO2/c1-14-8-10-16(11-9-14)20-13-17(19)18(2)12-15-6-4-3-5-7-15/h3-11H,12-13H2,1-2H3. The summed E-state index contributed by atoms with van der Waals surface area (Å²) in [6.07, 6.45) is 0. The van der Waals surface area contributed by atoms with Crippen LogP contribution in [0.5, 0.6) is 5.75 Å². The van der Waals surface area contributed by atoms with Crippen molar-refractivity contribution in [3.05, 3.63) is 65.7 Å². The minimum atomic E-state index is -0.0329. The van der Waals surface area contributed by atoms with Gasteiger partial charge in [0.05, 0.1) is 0 Å². The van der Waals surface area contributed by atoms with Gasteiger partial charge in [-0.15, -0.1) is 0 Å². The number of aryl methyl sites for hydroxylation is 1. The summed E-state index contributed by atoms with van der Waals surface area (Å²) in [5.41, 5.74) is 2.28. The van der Waals surface area contributed by atoms with Gasteiger partial charge < -0.3 is 9.64 Å². The first-order valence-electron chi connectivity index (χ1n) is 6.62. The van der Waals surface area contributed by atoms with Crippen molar-refractivity contribution < 1.29 is 9.53 Å². The van der Waals surface area contributed by atoms with Crippen LogP contribution in [0.15, 0.2) is 54.6 Å². The number of benzene rings is 2. The number of rotatable bonds is 5. The topological polar surface area (TPSA) is 29.5 Å². The fraction of sp³-hybridized carbons (Fsp3) is 0.235. The van der Waals surface area contributed by atoms with Gasteiger partial charge in [0.1, 0.15) is 5.75 Å². The van der Waals surface area contributed by atoms with E-state index in [0.717, 1.165) is 11.3 Å². The molecule has 0 bridgehead atoms. The molecule has 0 aliphatic rings. The molecule has 0 saturated carbocycles. The minimum absolute atomic E-state index is 0.0329. The average molecular weight is 269 g/mol. The number of hydrogen-bond acceptors (Lipinski definition) is 2. The zero-order valence-electron chi connectivity index (χ0n) is 11.9. The van der Waals surface area contributed by atoms with Gasteiger partial charge in [0, 0.05) is 13.6 Å². The van der Waals surface area contributed by atoms with Crippen molar-refractivity contribution in [3.63, 3.8) is 0 Å². The molecule has 2 rings (SSSR count).